The summed E-state index contributed by atoms with van der Waals surface area (Å²) in [6.45, 7) is 1.88. The van der Waals surface area contributed by atoms with Crippen LogP contribution in [0.3, 0.4) is 0 Å². The topological polar surface area (TPSA) is 86.5 Å². The van der Waals surface area contributed by atoms with Gasteiger partial charge in [-0.2, -0.15) is 5.26 Å². The number of nitriles is 1. The van der Waals surface area contributed by atoms with Crippen LogP contribution in [0.4, 0.5) is 11.8 Å². The fraction of sp³-hybridized carbons (Fsp3) is 0.412. The van der Waals surface area contributed by atoms with Gasteiger partial charge in [-0.3, -0.25) is 0 Å². The predicted octanol–water partition coefficient (Wildman–Crippen LogP) is 2.89. The molecular weight excluding hydrogens is 288 g/mol. The van der Waals surface area contributed by atoms with Crippen LogP contribution in [0.15, 0.2) is 30.5 Å². The van der Waals surface area contributed by atoms with E-state index in [0.29, 0.717) is 23.7 Å². The second kappa shape index (κ2) is 7.05. The number of aryl methyl sites for hydroxylation is 1. The molecule has 0 aromatic carbocycles. The van der Waals surface area contributed by atoms with E-state index in [4.69, 9.17) is 5.26 Å². The SMILES string of the molecule is Cc1cc(C#N)nc(NC2CCC(Nc3ccccn3)CC2)n1. The van der Waals surface area contributed by atoms with Gasteiger partial charge >= 0.3 is 0 Å². The van der Waals surface area contributed by atoms with E-state index in [9.17, 15) is 0 Å². The molecule has 2 aromatic rings. The number of hydrogen-bond acceptors (Lipinski definition) is 6. The van der Waals surface area contributed by atoms with Crippen molar-refractivity contribution in [2.45, 2.75) is 44.7 Å². The number of nitrogens with one attached hydrogen (secondary N) is 2. The van der Waals surface area contributed by atoms with Crippen LogP contribution >= 0.6 is 0 Å². The molecule has 0 aliphatic heterocycles. The normalized spacial score (nSPS) is 20.5. The summed E-state index contributed by atoms with van der Waals surface area (Å²) in [6.07, 6.45) is 6.04. The van der Waals surface area contributed by atoms with Crippen LogP contribution in [0.25, 0.3) is 0 Å². The number of rotatable bonds is 4. The third-order valence-electron chi connectivity index (χ3n) is 4.05. The van der Waals surface area contributed by atoms with Crippen molar-refractivity contribution in [2.24, 2.45) is 0 Å². The van der Waals surface area contributed by atoms with Crippen LogP contribution in [0.1, 0.15) is 37.1 Å². The van der Waals surface area contributed by atoms with Gasteiger partial charge in [-0.15, -0.1) is 0 Å². The number of nitrogens with zero attached hydrogens (tertiary/aromatic N) is 4. The van der Waals surface area contributed by atoms with Gasteiger partial charge in [0.15, 0.2) is 0 Å². The Hall–Kier alpha value is -2.68. The van der Waals surface area contributed by atoms with E-state index >= 15 is 0 Å². The highest BCUT2D eigenvalue weighted by Crippen LogP contribution is 2.23. The van der Waals surface area contributed by atoms with E-state index in [1.807, 2.05) is 25.1 Å². The van der Waals surface area contributed by atoms with Crippen molar-refractivity contribution >= 4 is 11.8 Å². The molecule has 0 unspecified atom stereocenters. The summed E-state index contributed by atoms with van der Waals surface area (Å²) in [5.41, 5.74) is 1.22. The molecule has 0 spiro atoms. The van der Waals surface area contributed by atoms with Gasteiger partial charge in [0.25, 0.3) is 0 Å². The van der Waals surface area contributed by atoms with Crippen molar-refractivity contribution in [1.29, 1.82) is 5.26 Å². The maximum atomic E-state index is 8.98. The predicted molar refractivity (Wildman–Crippen MR) is 89.0 cm³/mol. The maximum absolute atomic E-state index is 8.98. The van der Waals surface area contributed by atoms with Crippen LogP contribution in [-0.2, 0) is 0 Å². The van der Waals surface area contributed by atoms with Gasteiger partial charge in [-0.1, -0.05) is 6.07 Å². The molecule has 1 saturated carbocycles. The van der Waals surface area contributed by atoms with Gasteiger partial charge in [0.1, 0.15) is 17.6 Å². The summed E-state index contributed by atoms with van der Waals surface area (Å²) in [7, 11) is 0. The third-order valence-corrected chi connectivity index (χ3v) is 4.05. The monoisotopic (exact) mass is 308 g/mol. The molecule has 2 N–H and O–H groups in total. The van der Waals surface area contributed by atoms with Crippen molar-refractivity contribution in [3.05, 3.63) is 41.9 Å². The summed E-state index contributed by atoms with van der Waals surface area (Å²) < 4.78 is 0. The molecule has 0 radical (unpaired) electrons. The average Bonchev–Trinajstić information content (AvgIpc) is 2.57. The number of aromatic nitrogens is 3. The zero-order valence-electron chi connectivity index (χ0n) is 13.2. The Labute approximate surface area is 136 Å². The Morgan fingerprint density at radius 3 is 2.48 bits per heavy atom. The summed E-state index contributed by atoms with van der Waals surface area (Å²) in [6, 6.07) is 10.5. The minimum absolute atomic E-state index is 0.352. The maximum Gasteiger partial charge on any atom is 0.224 e. The quantitative estimate of drug-likeness (QED) is 0.903. The van der Waals surface area contributed by atoms with Crippen molar-refractivity contribution in [3.63, 3.8) is 0 Å². The van der Waals surface area contributed by atoms with E-state index in [2.05, 4.69) is 31.7 Å². The average molecular weight is 308 g/mol. The van der Waals surface area contributed by atoms with Crippen LogP contribution in [0.2, 0.25) is 0 Å². The molecule has 2 heterocycles. The minimum Gasteiger partial charge on any atom is -0.367 e. The van der Waals surface area contributed by atoms with Crippen LogP contribution in [0, 0.1) is 18.3 Å². The second-order valence-corrected chi connectivity index (χ2v) is 5.88. The van der Waals surface area contributed by atoms with Crippen molar-refractivity contribution < 1.29 is 0 Å². The third kappa shape index (κ3) is 4.16. The fourth-order valence-electron chi connectivity index (χ4n) is 2.91. The lowest BCUT2D eigenvalue weighted by atomic mass is 9.91. The molecule has 2 aromatic heterocycles. The van der Waals surface area contributed by atoms with Crippen molar-refractivity contribution in [3.8, 4) is 6.07 Å². The first-order valence-electron chi connectivity index (χ1n) is 7.93. The standard InChI is InChI=1S/C17H20N6/c1-12-10-15(11-18)23-17(20-12)22-14-7-5-13(6-8-14)21-16-4-2-3-9-19-16/h2-4,9-10,13-14H,5-8H2,1H3,(H,19,21)(H,20,22,23). The van der Waals surface area contributed by atoms with Gasteiger partial charge in [0.2, 0.25) is 5.95 Å². The fourth-order valence-corrected chi connectivity index (χ4v) is 2.91. The molecule has 1 aliphatic rings. The molecule has 0 amide bonds. The molecule has 0 atom stereocenters. The van der Waals surface area contributed by atoms with Gasteiger partial charge in [0.05, 0.1) is 0 Å². The van der Waals surface area contributed by atoms with Gasteiger partial charge in [0, 0.05) is 24.0 Å². The van der Waals surface area contributed by atoms with E-state index < -0.39 is 0 Å². The summed E-state index contributed by atoms with van der Waals surface area (Å²) in [4.78, 5) is 12.9. The van der Waals surface area contributed by atoms with E-state index in [0.717, 1.165) is 37.2 Å². The summed E-state index contributed by atoms with van der Waals surface area (Å²) in [5, 5.41) is 15.8. The van der Waals surface area contributed by atoms with Crippen LogP contribution in [0.5, 0.6) is 0 Å². The minimum atomic E-state index is 0.352. The first-order chi connectivity index (χ1) is 11.2. The molecule has 1 aliphatic carbocycles. The lowest BCUT2D eigenvalue weighted by Crippen LogP contribution is -2.33. The number of anilines is 2. The molecule has 6 heteroatoms. The zero-order chi connectivity index (χ0) is 16.1. The number of pyridine rings is 1. The highest BCUT2D eigenvalue weighted by molar-refractivity contribution is 5.36. The molecule has 0 bridgehead atoms. The van der Waals surface area contributed by atoms with Gasteiger partial charge in [-0.25, -0.2) is 15.0 Å². The van der Waals surface area contributed by atoms with Crippen molar-refractivity contribution in [2.75, 3.05) is 10.6 Å². The first kappa shape index (κ1) is 15.2. The first-order valence-corrected chi connectivity index (χ1v) is 7.93. The molecule has 3 rings (SSSR count). The molecule has 118 valence electrons. The highest BCUT2D eigenvalue weighted by atomic mass is 15.1. The summed E-state index contributed by atoms with van der Waals surface area (Å²) >= 11 is 0. The lowest BCUT2D eigenvalue weighted by molar-refractivity contribution is 0.426. The lowest BCUT2D eigenvalue weighted by Gasteiger charge is -2.30. The highest BCUT2D eigenvalue weighted by Gasteiger charge is 2.22. The Morgan fingerprint density at radius 1 is 1.09 bits per heavy atom. The van der Waals surface area contributed by atoms with Gasteiger partial charge < -0.3 is 10.6 Å². The van der Waals surface area contributed by atoms with E-state index in [1.54, 1.807) is 12.3 Å². The Morgan fingerprint density at radius 2 is 1.83 bits per heavy atom. The molecule has 0 saturated heterocycles. The molecular formula is C17H20N6. The van der Waals surface area contributed by atoms with Crippen LogP contribution < -0.4 is 10.6 Å². The zero-order valence-corrected chi connectivity index (χ0v) is 13.2. The summed E-state index contributed by atoms with van der Waals surface area (Å²) in [5.74, 6) is 1.49. The Kier molecular flexibility index (Phi) is 4.67. The van der Waals surface area contributed by atoms with Gasteiger partial charge in [-0.05, 0) is 50.8 Å². The Bertz CT molecular complexity index is 686. The Balaban J connectivity index is 1.53. The molecule has 1 fully saturated rings. The smallest absolute Gasteiger partial charge is 0.224 e. The number of hydrogen-bond donors (Lipinski definition) is 2. The van der Waals surface area contributed by atoms with Crippen LogP contribution in [-0.4, -0.2) is 27.0 Å². The molecule has 23 heavy (non-hydrogen) atoms. The second-order valence-electron chi connectivity index (χ2n) is 5.88. The van der Waals surface area contributed by atoms with E-state index in [-0.39, 0.29) is 0 Å². The largest absolute Gasteiger partial charge is 0.367 e. The van der Waals surface area contributed by atoms with E-state index in [1.165, 1.54) is 0 Å². The molecule has 6 nitrogen and oxygen atoms in total. The van der Waals surface area contributed by atoms with Crippen molar-refractivity contribution in [1.82, 2.24) is 15.0 Å².